The predicted octanol–water partition coefficient (Wildman–Crippen LogP) is 11.2. The average molecular weight is 628 g/mol. The lowest BCUT2D eigenvalue weighted by Gasteiger charge is -2.25. The number of nitrogens with one attached hydrogen (secondary N) is 1. The van der Waals surface area contributed by atoms with Gasteiger partial charge in [-0.3, -0.25) is 0 Å². The molecule has 1 N–H and O–H groups in total. The minimum atomic E-state index is -0.338. The molecule has 0 saturated carbocycles. The number of aliphatic imine (C=N–C) groups is 2. The number of hydrogen-bond donors (Lipinski definition) is 1. The van der Waals surface area contributed by atoms with E-state index in [9.17, 15) is 0 Å². The van der Waals surface area contributed by atoms with Crippen molar-refractivity contribution in [1.29, 1.82) is 0 Å². The zero-order chi connectivity index (χ0) is 32.3. The first-order valence-corrected chi connectivity index (χ1v) is 16.6. The minimum Gasteiger partial charge on any atom is -0.455 e. The lowest BCUT2D eigenvalue weighted by Crippen LogP contribution is -2.33. The summed E-state index contributed by atoms with van der Waals surface area (Å²) < 4.78 is 6.73. The molecule has 1 unspecified atom stereocenters. The Hall–Kier alpha value is -6.52. The van der Waals surface area contributed by atoms with E-state index in [1.807, 2.05) is 30.3 Å². The second-order valence-electron chi connectivity index (χ2n) is 12.6. The van der Waals surface area contributed by atoms with Crippen molar-refractivity contribution in [3.05, 3.63) is 180 Å². The minimum absolute atomic E-state index is 0.338. The van der Waals surface area contributed by atoms with Crippen molar-refractivity contribution < 1.29 is 4.42 Å². The Morgan fingerprint density at radius 3 is 2.00 bits per heavy atom. The van der Waals surface area contributed by atoms with Crippen molar-refractivity contribution in [2.24, 2.45) is 9.98 Å². The van der Waals surface area contributed by atoms with Crippen molar-refractivity contribution in [3.63, 3.8) is 0 Å². The van der Waals surface area contributed by atoms with Crippen LogP contribution in [0.15, 0.2) is 178 Å². The highest BCUT2D eigenvalue weighted by Crippen LogP contribution is 2.40. The molecule has 0 spiro atoms. The van der Waals surface area contributed by atoms with Gasteiger partial charge in [0.2, 0.25) is 0 Å². The van der Waals surface area contributed by atoms with Crippen molar-refractivity contribution in [2.75, 3.05) is 0 Å². The van der Waals surface area contributed by atoms with E-state index in [0.29, 0.717) is 5.84 Å². The van der Waals surface area contributed by atoms with Crippen LogP contribution in [0.5, 0.6) is 0 Å². The zero-order valence-electron chi connectivity index (χ0n) is 26.5. The molecule has 0 amide bonds. The predicted molar refractivity (Wildman–Crippen MR) is 204 cm³/mol. The first-order valence-electron chi connectivity index (χ1n) is 16.6. The SMILES string of the molecule is c1ccc(C2=NC(c3ccc(-c4ccc5ccc6ccccc6c5c4)c4oc5ccccc5c34)=NC(c3cccc4ccccc34)N2)cc1. The zero-order valence-corrected chi connectivity index (χ0v) is 26.5. The van der Waals surface area contributed by atoms with Crippen LogP contribution in [0.1, 0.15) is 22.9 Å². The number of furan rings is 1. The average Bonchev–Trinajstić information content (AvgIpc) is 3.57. The third-order valence-corrected chi connectivity index (χ3v) is 9.73. The van der Waals surface area contributed by atoms with E-state index in [0.717, 1.165) is 61.0 Å². The molecule has 49 heavy (non-hydrogen) atoms. The first-order chi connectivity index (χ1) is 24.3. The Bertz CT molecular complexity index is 2800. The van der Waals surface area contributed by atoms with Gasteiger partial charge < -0.3 is 9.73 Å². The van der Waals surface area contributed by atoms with Crippen molar-refractivity contribution >= 4 is 65.9 Å². The van der Waals surface area contributed by atoms with Crippen LogP contribution < -0.4 is 5.32 Å². The summed E-state index contributed by atoms with van der Waals surface area (Å²) in [6, 6.07) is 57.4. The van der Waals surface area contributed by atoms with Gasteiger partial charge in [-0.15, -0.1) is 0 Å². The molecule has 0 saturated heterocycles. The van der Waals surface area contributed by atoms with Gasteiger partial charge in [0.15, 0.2) is 5.84 Å². The Labute approximate surface area is 282 Å². The van der Waals surface area contributed by atoms with Crippen LogP contribution in [-0.4, -0.2) is 11.7 Å². The molecule has 1 aliphatic heterocycles. The van der Waals surface area contributed by atoms with Gasteiger partial charge in [0.05, 0.1) is 0 Å². The van der Waals surface area contributed by atoms with Crippen molar-refractivity contribution in [3.8, 4) is 11.1 Å². The molecule has 0 aliphatic carbocycles. The van der Waals surface area contributed by atoms with Gasteiger partial charge in [0.25, 0.3) is 0 Å². The number of hydrogen-bond acceptors (Lipinski definition) is 4. The summed E-state index contributed by atoms with van der Waals surface area (Å²) in [6.45, 7) is 0. The molecule has 0 fully saturated rings. The summed E-state index contributed by atoms with van der Waals surface area (Å²) >= 11 is 0. The maximum atomic E-state index is 6.73. The van der Waals surface area contributed by atoms with E-state index >= 15 is 0 Å². The van der Waals surface area contributed by atoms with Gasteiger partial charge in [0, 0.05) is 33.0 Å². The van der Waals surface area contributed by atoms with Crippen LogP contribution in [-0.2, 0) is 0 Å². The number of rotatable bonds is 4. The van der Waals surface area contributed by atoms with Gasteiger partial charge in [-0.25, -0.2) is 9.98 Å². The second-order valence-corrected chi connectivity index (χ2v) is 12.6. The highest BCUT2D eigenvalue weighted by molar-refractivity contribution is 6.24. The molecule has 1 atom stereocenters. The molecule has 8 aromatic carbocycles. The largest absolute Gasteiger partial charge is 0.455 e. The smallest absolute Gasteiger partial charge is 0.160 e. The van der Waals surface area contributed by atoms with Crippen LogP contribution in [0.4, 0.5) is 0 Å². The molecule has 10 rings (SSSR count). The molecular formula is C45H29N3O. The number of amidine groups is 2. The Morgan fingerprint density at radius 2 is 1.14 bits per heavy atom. The summed E-state index contributed by atoms with van der Waals surface area (Å²) in [5, 5.41) is 13.0. The van der Waals surface area contributed by atoms with E-state index in [1.165, 1.54) is 26.9 Å². The molecule has 4 heteroatoms. The van der Waals surface area contributed by atoms with Crippen molar-refractivity contribution in [1.82, 2.24) is 5.32 Å². The molecule has 0 bridgehead atoms. The fraction of sp³-hybridized carbons (Fsp3) is 0.0222. The highest BCUT2D eigenvalue weighted by Gasteiger charge is 2.25. The molecule has 2 heterocycles. The number of fused-ring (bicyclic) bond motifs is 7. The van der Waals surface area contributed by atoms with Gasteiger partial charge in [-0.2, -0.15) is 0 Å². The third kappa shape index (κ3) is 4.53. The van der Waals surface area contributed by atoms with Crippen LogP contribution in [0, 0.1) is 0 Å². The second kappa shape index (κ2) is 11.0. The fourth-order valence-corrected chi connectivity index (χ4v) is 7.37. The van der Waals surface area contributed by atoms with Gasteiger partial charge in [-0.05, 0) is 62.1 Å². The van der Waals surface area contributed by atoms with E-state index in [1.54, 1.807) is 0 Å². The topological polar surface area (TPSA) is 49.9 Å². The number of benzene rings is 8. The summed E-state index contributed by atoms with van der Waals surface area (Å²) in [6.07, 6.45) is -0.338. The van der Waals surface area contributed by atoms with E-state index in [-0.39, 0.29) is 6.17 Å². The summed E-state index contributed by atoms with van der Waals surface area (Å²) in [4.78, 5) is 10.5. The van der Waals surface area contributed by atoms with Crippen LogP contribution in [0.3, 0.4) is 0 Å². The number of para-hydroxylation sites is 1. The van der Waals surface area contributed by atoms with Crippen LogP contribution in [0.2, 0.25) is 0 Å². The molecule has 4 nitrogen and oxygen atoms in total. The van der Waals surface area contributed by atoms with E-state index in [2.05, 4.69) is 139 Å². The maximum absolute atomic E-state index is 6.73. The van der Waals surface area contributed by atoms with Gasteiger partial charge in [0.1, 0.15) is 23.2 Å². The van der Waals surface area contributed by atoms with Gasteiger partial charge in [-0.1, -0.05) is 140 Å². The lowest BCUT2D eigenvalue weighted by atomic mass is 9.94. The fourth-order valence-electron chi connectivity index (χ4n) is 7.37. The van der Waals surface area contributed by atoms with E-state index < -0.39 is 0 Å². The van der Waals surface area contributed by atoms with Gasteiger partial charge >= 0.3 is 0 Å². The molecule has 1 aromatic heterocycles. The van der Waals surface area contributed by atoms with Crippen LogP contribution in [0.25, 0.3) is 65.4 Å². The van der Waals surface area contributed by atoms with Crippen LogP contribution >= 0.6 is 0 Å². The van der Waals surface area contributed by atoms with Crippen molar-refractivity contribution in [2.45, 2.75) is 6.17 Å². The molecule has 9 aromatic rings. The standard InChI is InChI=1S/C45H29N3O/c1-2-13-31(14-3-1)43-46-44(36-19-10-15-28-11-4-6-16-33(28)36)48-45(47-43)38-26-25-35(42-41(38)37-18-8-9-20-40(37)49-42)32-24-23-30-22-21-29-12-5-7-17-34(29)39(30)27-32/h1-27,44H,(H,46,47,48). The monoisotopic (exact) mass is 627 g/mol. The third-order valence-electron chi connectivity index (χ3n) is 9.73. The number of nitrogens with zero attached hydrogens (tertiary/aromatic N) is 2. The summed E-state index contributed by atoms with van der Waals surface area (Å²) in [5.41, 5.74) is 6.87. The quantitative estimate of drug-likeness (QED) is 0.197. The molecular weight excluding hydrogens is 599 g/mol. The highest BCUT2D eigenvalue weighted by atomic mass is 16.3. The molecule has 0 radical (unpaired) electrons. The summed E-state index contributed by atoms with van der Waals surface area (Å²) in [5.74, 6) is 1.46. The lowest BCUT2D eigenvalue weighted by molar-refractivity contribution is 0.669. The van der Waals surface area contributed by atoms with E-state index in [4.69, 9.17) is 14.4 Å². The molecule has 1 aliphatic rings. The Kier molecular flexibility index (Phi) is 6.21. The Balaban J connectivity index is 1.21. The molecule has 230 valence electrons. The normalized spacial score (nSPS) is 14.7. The maximum Gasteiger partial charge on any atom is 0.160 e. The summed E-state index contributed by atoms with van der Waals surface area (Å²) in [7, 11) is 0. The first kappa shape index (κ1) is 27.6. The Morgan fingerprint density at radius 1 is 0.490 bits per heavy atom.